The van der Waals surface area contributed by atoms with Crippen molar-refractivity contribution in [1.82, 2.24) is 9.97 Å². The van der Waals surface area contributed by atoms with Crippen molar-refractivity contribution >= 4 is 11.6 Å². The summed E-state index contributed by atoms with van der Waals surface area (Å²) in [5.74, 6) is 0.543. The third kappa shape index (κ3) is 3.25. The van der Waals surface area contributed by atoms with E-state index in [1.807, 2.05) is 26.0 Å². The Morgan fingerprint density at radius 3 is 2.53 bits per heavy atom. The summed E-state index contributed by atoms with van der Waals surface area (Å²) < 4.78 is 32.8. The molecule has 6 rings (SSSR count). The van der Waals surface area contributed by atoms with Crippen molar-refractivity contribution in [3.63, 3.8) is 0 Å². The van der Waals surface area contributed by atoms with Crippen LogP contribution in [0.5, 0.6) is 11.5 Å². The van der Waals surface area contributed by atoms with Crippen LogP contribution in [0.25, 0.3) is 16.7 Å². The number of nitrogens with zero attached hydrogens (tertiary/aromatic N) is 3. The lowest BCUT2D eigenvalue weighted by atomic mass is 9.79. The molecular formula is C26H23FN4O3. The van der Waals surface area contributed by atoms with E-state index in [0.717, 1.165) is 17.5 Å². The molecule has 8 heteroatoms. The van der Waals surface area contributed by atoms with Gasteiger partial charge >= 0.3 is 0 Å². The lowest BCUT2D eigenvalue weighted by molar-refractivity contribution is 0.0165. The van der Waals surface area contributed by atoms with E-state index < -0.39 is 11.4 Å². The minimum Gasteiger partial charge on any atom is -0.462 e. The summed E-state index contributed by atoms with van der Waals surface area (Å²) in [7, 11) is 0. The van der Waals surface area contributed by atoms with Gasteiger partial charge in [0.05, 0.1) is 12.2 Å². The molecule has 0 saturated carbocycles. The summed E-state index contributed by atoms with van der Waals surface area (Å²) in [4.78, 5) is 12.8. The number of amidine groups is 1. The average molecular weight is 458 g/mol. The van der Waals surface area contributed by atoms with E-state index >= 15 is 4.39 Å². The molecule has 3 aliphatic rings. The number of halogens is 1. The van der Waals surface area contributed by atoms with Gasteiger partial charge in [0.25, 0.3) is 6.02 Å². The zero-order valence-electron chi connectivity index (χ0n) is 18.8. The first-order chi connectivity index (χ1) is 16.3. The summed E-state index contributed by atoms with van der Waals surface area (Å²) >= 11 is 0. The van der Waals surface area contributed by atoms with E-state index in [1.165, 1.54) is 18.0 Å². The largest absolute Gasteiger partial charge is 0.462 e. The van der Waals surface area contributed by atoms with Gasteiger partial charge in [-0.3, -0.25) is 0 Å². The monoisotopic (exact) mass is 458 g/mol. The quantitative estimate of drug-likeness (QED) is 0.605. The van der Waals surface area contributed by atoms with Crippen molar-refractivity contribution in [1.29, 1.82) is 0 Å². The molecule has 1 unspecified atom stereocenters. The number of hydrogen-bond acceptors (Lipinski definition) is 7. The fraction of sp³-hybridized carbons (Fsp3) is 0.269. The van der Waals surface area contributed by atoms with Gasteiger partial charge in [-0.2, -0.15) is 0 Å². The number of aromatic nitrogens is 2. The van der Waals surface area contributed by atoms with Crippen LogP contribution in [0.2, 0.25) is 0 Å². The molecule has 0 aliphatic carbocycles. The molecule has 1 spiro atoms. The summed E-state index contributed by atoms with van der Waals surface area (Å²) in [5.41, 5.74) is 9.39. The molecule has 3 aromatic rings. The average Bonchev–Trinajstić information content (AvgIpc) is 3.21. The first-order valence-corrected chi connectivity index (χ1v) is 11.1. The predicted molar refractivity (Wildman–Crippen MR) is 125 cm³/mol. The van der Waals surface area contributed by atoms with E-state index in [2.05, 4.69) is 22.1 Å². The van der Waals surface area contributed by atoms with Gasteiger partial charge in [0.1, 0.15) is 30.3 Å². The topological polar surface area (TPSA) is 91.9 Å². The number of ether oxygens (including phenoxy) is 3. The minimum atomic E-state index is -0.956. The van der Waals surface area contributed by atoms with E-state index in [0.29, 0.717) is 34.8 Å². The highest BCUT2D eigenvalue weighted by molar-refractivity contribution is 5.79. The minimum absolute atomic E-state index is 0.0875. The number of aliphatic imine (C=N–C) groups is 1. The zero-order valence-corrected chi connectivity index (χ0v) is 18.8. The highest BCUT2D eigenvalue weighted by Crippen LogP contribution is 2.52. The molecule has 1 aromatic heterocycles. The maximum absolute atomic E-state index is 15.1. The van der Waals surface area contributed by atoms with Crippen LogP contribution in [0.3, 0.4) is 0 Å². The molecule has 0 fully saturated rings. The van der Waals surface area contributed by atoms with Crippen molar-refractivity contribution in [3.8, 4) is 22.6 Å². The van der Waals surface area contributed by atoms with Crippen LogP contribution in [0.1, 0.15) is 37.0 Å². The molecule has 172 valence electrons. The number of nitrogens with two attached hydrogens (primary N) is 1. The third-order valence-corrected chi connectivity index (χ3v) is 6.50. The standard InChI is InChI=1S/C26H23FN4O3/c1-25(2)10-16(5-6-33-25)15-3-4-22-19(7-15)26(13-32-24(28)31-26)20-8-18(17-11-29-14-30-12-17)21(27)9-23(20)34-22/h3-4,7-12,14H,5-6,13H2,1-2H3,(H2,28,31). The second-order valence-corrected chi connectivity index (χ2v) is 9.24. The smallest absolute Gasteiger partial charge is 0.283 e. The Labute approximate surface area is 196 Å². The van der Waals surface area contributed by atoms with Gasteiger partial charge in [0.15, 0.2) is 5.54 Å². The molecular weight excluding hydrogens is 435 g/mol. The van der Waals surface area contributed by atoms with Gasteiger partial charge in [-0.15, -0.1) is 0 Å². The Kier molecular flexibility index (Phi) is 4.50. The highest BCUT2D eigenvalue weighted by Gasteiger charge is 2.47. The van der Waals surface area contributed by atoms with Crippen molar-refractivity contribution in [2.24, 2.45) is 10.7 Å². The van der Waals surface area contributed by atoms with E-state index in [1.54, 1.807) is 18.5 Å². The van der Waals surface area contributed by atoms with Gasteiger partial charge in [0.2, 0.25) is 0 Å². The van der Waals surface area contributed by atoms with Crippen LogP contribution in [0.4, 0.5) is 4.39 Å². The van der Waals surface area contributed by atoms with Crippen LogP contribution in [0, 0.1) is 5.82 Å². The third-order valence-electron chi connectivity index (χ3n) is 6.50. The Morgan fingerprint density at radius 2 is 1.79 bits per heavy atom. The molecule has 1 atom stereocenters. The van der Waals surface area contributed by atoms with Gasteiger partial charge in [-0.05, 0) is 55.7 Å². The second kappa shape index (κ2) is 7.36. The van der Waals surface area contributed by atoms with Crippen LogP contribution < -0.4 is 10.5 Å². The van der Waals surface area contributed by atoms with E-state index in [9.17, 15) is 0 Å². The molecule has 0 radical (unpaired) electrons. The maximum Gasteiger partial charge on any atom is 0.283 e. The van der Waals surface area contributed by atoms with Crippen molar-refractivity contribution < 1.29 is 18.6 Å². The van der Waals surface area contributed by atoms with Crippen LogP contribution >= 0.6 is 0 Å². The normalized spacial score (nSPS) is 22.2. The van der Waals surface area contributed by atoms with Gasteiger partial charge in [-0.1, -0.05) is 6.07 Å². The Hall–Kier alpha value is -3.78. The number of benzene rings is 2. The first kappa shape index (κ1) is 20.8. The number of rotatable bonds is 2. The van der Waals surface area contributed by atoms with Crippen molar-refractivity contribution in [2.75, 3.05) is 13.2 Å². The summed E-state index contributed by atoms with van der Waals surface area (Å²) in [6.45, 7) is 4.93. The second-order valence-electron chi connectivity index (χ2n) is 9.24. The molecule has 2 N–H and O–H groups in total. The van der Waals surface area contributed by atoms with E-state index in [-0.39, 0.29) is 18.2 Å². The lowest BCUT2D eigenvalue weighted by Crippen LogP contribution is -2.31. The zero-order chi connectivity index (χ0) is 23.5. The molecule has 34 heavy (non-hydrogen) atoms. The SMILES string of the molecule is CC1(C)C=C(c2ccc3c(c2)C2(COC(N)=N2)c2cc(-c4cncnc4)c(F)cc2O3)CCO1. The molecule has 3 aliphatic heterocycles. The van der Waals surface area contributed by atoms with Gasteiger partial charge in [-0.25, -0.2) is 19.4 Å². The number of hydrogen-bond donors (Lipinski definition) is 1. The van der Waals surface area contributed by atoms with Crippen LogP contribution in [-0.2, 0) is 15.0 Å². The molecule has 2 aromatic carbocycles. The fourth-order valence-corrected chi connectivity index (χ4v) is 4.92. The predicted octanol–water partition coefficient (Wildman–Crippen LogP) is 4.56. The lowest BCUT2D eigenvalue weighted by Gasteiger charge is -2.35. The molecule has 7 nitrogen and oxygen atoms in total. The Morgan fingerprint density at radius 1 is 1.00 bits per heavy atom. The molecule has 4 heterocycles. The highest BCUT2D eigenvalue weighted by atomic mass is 19.1. The summed E-state index contributed by atoms with van der Waals surface area (Å²) in [5, 5.41) is 0. The molecule has 0 saturated heterocycles. The van der Waals surface area contributed by atoms with Gasteiger partial charge < -0.3 is 19.9 Å². The van der Waals surface area contributed by atoms with E-state index in [4.69, 9.17) is 24.9 Å². The number of fused-ring (bicyclic) bond motifs is 4. The molecule has 0 bridgehead atoms. The van der Waals surface area contributed by atoms with Crippen LogP contribution in [-0.4, -0.2) is 34.8 Å². The maximum atomic E-state index is 15.1. The van der Waals surface area contributed by atoms with Crippen molar-refractivity contribution in [2.45, 2.75) is 31.4 Å². The fourth-order valence-electron chi connectivity index (χ4n) is 4.92. The Balaban J connectivity index is 1.54. The van der Waals surface area contributed by atoms with Gasteiger partial charge in [0, 0.05) is 40.7 Å². The Bertz CT molecular complexity index is 1370. The summed E-state index contributed by atoms with van der Waals surface area (Å²) in [6.07, 6.45) is 7.50. The first-order valence-electron chi connectivity index (χ1n) is 11.1. The summed E-state index contributed by atoms with van der Waals surface area (Å²) in [6, 6.07) is 9.19. The van der Waals surface area contributed by atoms with Crippen LogP contribution in [0.15, 0.2) is 60.1 Å². The van der Waals surface area contributed by atoms with Crippen molar-refractivity contribution in [3.05, 3.63) is 77.6 Å². The molecule has 0 amide bonds.